The second-order valence-electron chi connectivity index (χ2n) is 5.78. The smallest absolute Gasteiger partial charge is 0.321 e. The lowest BCUT2D eigenvalue weighted by Gasteiger charge is -2.24. The summed E-state index contributed by atoms with van der Waals surface area (Å²) in [5.74, 6) is -0.680. The first-order valence-corrected chi connectivity index (χ1v) is 8.89. The molecule has 1 heterocycles. The highest BCUT2D eigenvalue weighted by Gasteiger charge is 2.16. The molecule has 0 fully saturated rings. The van der Waals surface area contributed by atoms with Gasteiger partial charge in [-0.2, -0.15) is 0 Å². The lowest BCUT2D eigenvalue weighted by Crippen LogP contribution is -2.44. The number of carbonyl (C=O) groups is 2. The van der Waals surface area contributed by atoms with E-state index in [1.165, 1.54) is 17.0 Å². The van der Waals surface area contributed by atoms with Crippen molar-refractivity contribution in [3.8, 4) is 0 Å². The second kappa shape index (κ2) is 9.29. The maximum absolute atomic E-state index is 13.0. The Kier molecular flexibility index (Phi) is 7.09. The van der Waals surface area contributed by atoms with Crippen LogP contribution >= 0.6 is 11.3 Å². The Bertz CT molecular complexity index is 689. The second-order valence-corrected chi connectivity index (χ2v) is 6.81. The van der Waals surface area contributed by atoms with E-state index >= 15 is 0 Å². The van der Waals surface area contributed by atoms with Crippen LogP contribution in [0, 0.1) is 5.82 Å². The number of imide groups is 1. The number of nitrogens with zero attached hydrogens (tertiary/aromatic N) is 1. The van der Waals surface area contributed by atoms with Gasteiger partial charge in [0.2, 0.25) is 5.91 Å². The Morgan fingerprint density at radius 2 is 1.96 bits per heavy atom. The van der Waals surface area contributed by atoms with Crippen molar-refractivity contribution < 1.29 is 14.0 Å². The van der Waals surface area contributed by atoms with Gasteiger partial charge >= 0.3 is 6.03 Å². The van der Waals surface area contributed by atoms with E-state index in [1.54, 1.807) is 35.4 Å². The summed E-state index contributed by atoms with van der Waals surface area (Å²) in [5, 5.41) is 6.97. The molecule has 134 valence electrons. The highest BCUT2D eigenvalue weighted by atomic mass is 32.1. The molecule has 0 radical (unpaired) electrons. The van der Waals surface area contributed by atoms with Gasteiger partial charge in [-0.15, -0.1) is 11.3 Å². The zero-order valence-electron chi connectivity index (χ0n) is 14.3. The molecule has 1 unspecified atom stereocenters. The minimum absolute atomic E-state index is 0.0664. The molecular formula is C18H22FN3O2S. The Morgan fingerprint density at radius 1 is 1.24 bits per heavy atom. The van der Waals surface area contributed by atoms with Crippen LogP contribution in [0.5, 0.6) is 0 Å². The average Bonchev–Trinajstić information content (AvgIpc) is 3.08. The molecule has 0 aliphatic rings. The number of amides is 3. The van der Waals surface area contributed by atoms with Crippen LogP contribution in [0.1, 0.15) is 23.4 Å². The van der Waals surface area contributed by atoms with Crippen molar-refractivity contribution in [2.45, 2.75) is 19.4 Å². The number of benzene rings is 1. The Morgan fingerprint density at radius 3 is 2.60 bits per heavy atom. The topological polar surface area (TPSA) is 61.4 Å². The van der Waals surface area contributed by atoms with Gasteiger partial charge in [0.15, 0.2) is 0 Å². The molecule has 0 bridgehead atoms. The Hall–Kier alpha value is -2.25. The minimum atomic E-state index is -0.496. The molecule has 2 rings (SSSR count). The van der Waals surface area contributed by atoms with Crippen LogP contribution in [0.15, 0.2) is 41.8 Å². The SMILES string of the molecule is CC(c1ccc(F)cc1)N(C)CC(=O)NC(=O)NCCc1cccs1. The summed E-state index contributed by atoms with van der Waals surface area (Å²) < 4.78 is 13.0. The van der Waals surface area contributed by atoms with Gasteiger partial charge in [-0.3, -0.25) is 15.0 Å². The predicted molar refractivity (Wildman–Crippen MR) is 97.0 cm³/mol. The van der Waals surface area contributed by atoms with Gasteiger partial charge in [0.1, 0.15) is 5.82 Å². The van der Waals surface area contributed by atoms with Gasteiger partial charge < -0.3 is 5.32 Å². The van der Waals surface area contributed by atoms with E-state index < -0.39 is 6.03 Å². The number of rotatable bonds is 7. The normalized spacial score (nSPS) is 12.0. The van der Waals surface area contributed by atoms with Gasteiger partial charge in [0.05, 0.1) is 6.54 Å². The number of hydrogen-bond donors (Lipinski definition) is 2. The number of carbonyl (C=O) groups excluding carboxylic acids is 2. The molecule has 2 N–H and O–H groups in total. The third-order valence-corrected chi connectivity index (χ3v) is 4.83. The lowest BCUT2D eigenvalue weighted by atomic mass is 10.1. The fraction of sp³-hybridized carbons (Fsp3) is 0.333. The molecule has 0 aliphatic heterocycles. The highest BCUT2D eigenvalue weighted by molar-refractivity contribution is 7.09. The highest BCUT2D eigenvalue weighted by Crippen LogP contribution is 2.18. The van der Waals surface area contributed by atoms with Crippen LogP contribution in [0.2, 0.25) is 0 Å². The zero-order valence-corrected chi connectivity index (χ0v) is 15.1. The number of thiophene rings is 1. The number of halogens is 1. The largest absolute Gasteiger partial charge is 0.337 e. The fourth-order valence-electron chi connectivity index (χ4n) is 2.32. The number of nitrogens with one attached hydrogen (secondary N) is 2. The van der Waals surface area contributed by atoms with Crippen molar-refractivity contribution in [2.75, 3.05) is 20.1 Å². The summed E-state index contributed by atoms with van der Waals surface area (Å²) >= 11 is 1.63. The molecule has 2 aromatic rings. The van der Waals surface area contributed by atoms with Gasteiger partial charge in [-0.25, -0.2) is 9.18 Å². The van der Waals surface area contributed by atoms with Gasteiger partial charge in [0.25, 0.3) is 0 Å². The van der Waals surface area contributed by atoms with E-state index in [0.29, 0.717) is 6.54 Å². The van der Waals surface area contributed by atoms with E-state index in [9.17, 15) is 14.0 Å². The first-order valence-electron chi connectivity index (χ1n) is 8.01. The van der Waals surface area contributed by atoms with Gasteiger partial charge in [-0.1, -0.05) is 18.2 Å². The van der Waals surface area contributed by atoms with Gasteiger partial charge in [-0.05, 0) is 49.5 Å². The van der Waals surface area contributed by atoms with Crippen molar-refractivity contribution >= 4 is 23.3 Å². The zero-order chi connectivity index (χ0) is 18.2. The third-order valence-electron chi connectivity index (χ3n) is 3.90. The average molecular weight is 363 g/mol. The van der Waals surface area contributed by atoms with E-state index in [4.69, 9.17) is 0 Å². The van der Waals surface area contributed by atoms with Crippen LogP contribution < -0.4 is 10.6 Å². The van der Waals surface area contributed by atoms with Crippen molar-refractivity contribution in [1.82, 2.24) is 15.5 Å². The van der Waals surface area contributed by atoms with Crippen LogP contribution in [-0.2, 0) is 11.2 Å². The van der Waals surface area contributed by atoms with E-state index in [-0.39, 0.29) is 24.3 Å². The molecule has 0 saturated heterocycles. The quantitative estimate of drug-likeness (QED) is 0.795. The maximum atomic E-state index is 13.0. The molecule has 0 aliphatic carbocycles. The Balaban J connectivity index is 1.72. The number of hydrogen-bond acceptors (Lipinski definition) is 4. The monoisotopic (exact) mass is 363 g/mol. The van der Waals surface area contributed by atoms with Crippen LogP contribution in [0.25, 0.3) is 0 Å². The molecule has 25 heavy (non-hydrogen) atoms. The summed E-state index contributed by atoms with van der Waals surface area (Å²) in [6.45, 7) is 2.46. The predicted octanol–water partition coefficient (Wildman–Crippen LogP) is 2.95. The molecule has 3 amide bonds. The van der Waals surface area contributed by atoms with Crippen molar-refractivity contribution in [1.29, 1.82) is 0 Å². The lowest BCUT2D eigenvalue weighted by molar-refractivity contribution is -0.121. The van der Waals surface area contributed by atoms with Crippen molar-refractivity contribution in [3.05, 3.63) is 58.0 Å². The van der Waals surface area contributed by atoms with Crippen LogP contribution in [-0.4, -0.2) is 37.0 Å². The van der Waals surface area contributed by atoms with E-state index in [0.717, 1.165) is 12.0 Å². The standard InChI is InChI=1S/C18H22FN3O2S/c1-13(14-5-7-15(19)8-6-14)22(2)12-17(23)21-18(24)20-10-9-16-4-3-11-25-16/h3-8,11,13H,9-10,12H2,1-2H3,(H2,20,21,23,24). The third kappa shape index (κ3) is 6.28. The molecule has 0 saturated carbocycles. The molecule has 1 aromatic heterocycles. The first-order chi connectivity index (χ1) is 12.0. The first kappa shape index (κ1) is 19.1. The van der Waals surface area contributed by atoms with E-state index in [1.807, 2.05) is 24.4 Å². The summed E-state index contributed by atoms with van der Waals surface area (Å²) in [5.41, 5.74) is 0.900. The summed E-state index contributed by atoms with van der Waals surface area (Å²) in [6.07, 6.45) is 0.737. The molecule has 0 spiro atoms. The fourth-order valence-corrected chi connectivity index (χ4v) is 3.03. The van der Waals surface area contributed by atoms with Crippen LogP contribution in [0.3, 0.4) is 0 Å². The molecule has 1 aromatic carbocycles. The summed E-state index contributed by atoms with van der Waals surface area (Å²) in [6, 6.07) is 9.54. The minimum Gasteiger partial charge on any atom is -0.337 e. The number of urea groups is 1. The molecule has 5 nitrogen and oxygen atoms in total. The Labute approximate surface area is 150 Å². The molecule has 7 heteroatoms. The summed E-state index contributed by atoms with van der Waals surface area (Å²) in [7, 11) is 1.78. The van der Waals surface area contributed by atoms with E-state index in [2.05, 4.69) is 10.6 Å². The number of likely N-dealkylation sites (N-methyl/N-ethyl adjacent to an activating group) is 1. The van der Waals surface area contributed by atoms with Crippen molar-refractivity contribution in [2.24, 2.45) is 0 Å². The van der Waals surface area contributed by atoms with Crippen LogP contribution in [0.4, 0.5) is 9.18 Å². The van der Waals surface area contributed by atoms with Gasteiger partial charge in [0, 0.05) is 17.5 Å². The summed E-state index contributed by atoms with van der Waals surface area (Å²) in [4.78, 5) is 26.7. The molecular weight excluding hydrogens is 341 g/mol. The maximum Gasteiger partial charge on any atom is 0.321 e. The van der Waals surface area contributed by atoms with Crippen molar-refractivity contribution in [3.63, 3.8) is 0 Å². The molecule has 1 atom stereocenters.